The molecule has 4 aromatic rings. The molecule has 3 N–H and O–H groups in total. The van der Waals surface area contributed by atoms with Gasteiger partial charge in [-0.1, -0.05) is 18.2 Å². The van der Waals surface area contributed by atoms with Crippen LogP contribution < -0.4 is 15.0 Å². The number of para-hydroxylation sites is 1. The number of nitrogens with zero attached hydrogens (tertiary/aromatic N) is 2. The molecule has 1 aliphatic heterocycles. The van der Waals surface area contributed by atoms with Crippen LogP contribution in [0.4, 0.5) is 5.82 Å². The molecular weight excluding hydrogens is 402 g/mol. The molecule has 0 bridgehead atoms. The first kappa shape index (κ1) is 20.2. The number of hydrogen-bond donors (Lipinski definition) is 3. The van der Waals surface area contributed by atoms with Crippen molar-refractivity contribution in [1.82, 2.24) is 20.5 Å². The van der Waals surface area contributed by atoms with Crippen molar-refractivity contribution in [2.45, 2.75) is 25.3 Å². The van der Waals surface area contributed by atoms with E-state index in [0.717, 1.165) is 65.2 Å². The second-order valence-corrected chi connectivity index (χ2v) is 8.26. The Morgan fingerprint density at radius 3 is 2.91 bits per heavy atom. The van der Waals surface area contributed by atoms with Gasteiger partial charge in [-0.05, 0) is 54.3 Å². The summed E-state index contributed by atoms with van der Waals surface area (Å²) in [6.07, 6.45) is 4.31. The minimum Gasteiger partial charge on any atom is -0.497 e. The Morgan fingerprint density at radius 2 is 2.06 bits per heavy atom. The normalized spacial score (nSPS) is 16.3. The number of rotatable bonds is 6. The zero-order valence-electron chi connectivity index (χ0n) is 18.1. The van der Waals surface area contributed by atoms with Gasteiger partial charge in [-0.25, -0.2) is 0 Å². The summed E-state index contributed by atoms with van der Waals surface area (Å²) in [4.78, 5) is 18.2. The summed E-state index contributed by atoms with van der Waals surface area (Å²) in [7, 11) is 1.66. The minimum atomic E-state index is 0.0579. The topological polar surface area (TPSA) is 86.0 Å². The molecule has 1 atom stereocenters. The van der Waals surface area contributed by atoms with E-state index in [4.69, 9.17) is 4.74 Å². The van der Waals surface area contributed by atoms with Crippen LogP contribution in [0.5, 0.6) is 5.75 Å². The highest BCUT2D eigenvalue weighted by molar-refractivity contribution is 5.89. The number of aromatic nitrogens is 3. The first-order valence-corrected chi connectivity index (χ1v) is 11.0. The third-order valence-electron chi connectivity index (χ3n) is 6.10. The second kappa shape index (κ2) is 8.78. The van der Waals surface area contributed by atoms with Crippen LogP contribution in [0.1, 0.15) is 18.4 Å². The highest BCUT2D eigenvalue weighted by Gasteiger charge is 2.23. The van der Waals surface area contributed by atoms with Crippen LogP contribution in [-0.2, 0) is 11.2 Å². The lowest BCUT2D eigenvalue weighted by molar-refractivity contribution is -0.121. The standard InChI is InChI=1S/C25H27N5O2/c1-32-20-10-8-17(9-11-20)23-14-24(29-28-23)30-12-4-5-19(16-30)27-25(31)13-18-15-26-22-7-3-2-6-21(18)22/h2-3,6-11,14-15,19,26H,4-5,12-13,16H2,1H3,(H,27,31)(H,28,29)/t19-/m1/s1. The van der Waals surface area contributed by atoms with Gasteiger partial charge in [-0.2, -0.15) is 5.10 Å². The van der Waals surface area contributed by atoms with Crippen LogP contribution in [0.15, 0.2) is 60.8 Å². The molecule has 1 amide bonds. The number of H-pyrrole nitrogens is 2. The fraction of sp³-hybridized carbons (Fsp3) is 0.280. The van der Waals surface area contributed by atoms with Gasteiger partial charge in [-0.15, -0.1) is 0 Å². The van der Waals surface area contributed by atoms with Gasteiger partial charge in [0.2, 0.25) is 5.91 Å². The molecule has 0 aliphatic carbocycles. The number of nitrogens with one attached hydrogen (secondary N) is 3. The SMILES string of the molecule is COc1ccc(-c2cc(N3CCC[C@@H](NC(=O)Cc4c[nH]c5ccccc45)C3)n[nH]2)cc1. The number of hydrogen-bond acceptors (Lipinski definition) is 4. The molecule has 7 heteroatoms. The molecular formula is C25H27N5O2. The predicted molar refractivity (Wildman–Crippen MR) is 126 cm³/mol. The van der Waals surface area contributed by atoms with Crippen LogP contribution in [0.25, 0.3) is 22.2 Å². The van der Waals surface area contributed by atoms with Crippen LogP contribution in [-0.4, -0.2) is 47.3 Å². The van der Waals surface area contributed by atoms with E-state index in [1.807, 2.05) is 48.7 Å². The number of aromatic amines is 2. The summed E-state index contributed by atoms with van der Waals surface area (Å²) in [5.74, 6) is 1.80. The fourth-order valence-corrected chi connectivity index (χ4v) is 4.42. The number of ether oxygens (including phenoxy) is 1. The quantitative estimate of drug-likeness (QED) is 0.434. The Bertz CT molecular complexity index is 1210. The summed E-state index contributed by atoms with van der Waals surface area (Å²) in [6, 6.07) is 18.2. The second-order valence-electron chi connectivity index (χ2n) is 8.26. The van der Waals surface area contributed by atoms with Gasteiger partial charge in [0.25, 0.3) is 0 Å². The molecule has 32 heavy (non-hydrogen) atoms. The maximum atomic E-state index is 12.7. The average molecular weight is 430 g/mol. The van der Waals surface area contributed by atoms with E-state index in [0.29, 0.717) is 6.42 Å². The van der Waals surface area contributed by atoms with Crippen molar-refractivity contribution < 1.29 is 9.53 Å². The molecule has 0 saturated carbocycles. The molecule has 2 aromatic heterocycles. The molecule has 1 fully saturated rings. The Kier molecular flexibility index (Phi) is 5.54. The predicted octanol–water partition coefficient (Wildman–Crippen LogP) is 3.89. The van der Waals surface area contributed by atoms with Crippen molar-refractivity contribution >= 4 is 22.6 Å². The molecule has 3 heterocycles. The number of carbonyl (C=O) groups is 1. The summed E-state index contributed by atoms with van der Waals surface area (Å²) in [5, 5.41) is 12.0. The highest BCUT2D eigenvalue weighted by atomic mass is 16.5. The monoisotopic (exact) mass is 429 g/mol. The molecule has 2 aromatic carbocycles. The van der Waals surface area contributed by atoms with Gasteiger partial charge >= 0.3 is 0 Å². The van der Waals surface area contributed by atoms with Crippen molar-refractivity contribution in [3.05, 3.63) is 66.4 Å². The smallest absolute Gasteiger partial charge is 0.224 e. The van der Waals surface area contributed by atoms with Crippen molar-refractivity contribution in [3.8, 4) is 17.0 Å². The number of anilines is 1. The highest BCUT2D eigenvalue weighted by Crippen LogP contribution is 2.26. The molecule has 1 saturated heterocycles. The third kappa shape index (κ3) is 4.19. The van der Waals surface area contributed by atoms with E-state index < -0.39 is 0 Å². The van der Waals surface area contributed by atoms with Crippen molar-refractivity contribution in [2.24, 2.45) is 0 Å². The fourth-order valence-electron chi connectivity index (χ4n) is 4.42. The van der Waals surface area contributed by atoms with E-state index in [1.54, 1.807) is 7.11 Å². The zero-order valence-corrected chi connectivity index (χ0v) is 18.1. The van der Waals surface area contributed by atoms with Crippen LogP contribution in [0, 0.1) is 0 Å². The molecule has 0 spiro atoms. The van der Waals surface area contributed by atoms with Gasteiger partial charge in [0.05, 0.1) is 19.2 Å². The Morgan fingerprint density at radius 1 is 1.22 bits per heavy atom. The van der Waals surface area contributed by atoms with Gasteiger partial charge in [0, 0.05) is 42.3 Å². The number of fused-ring (bicyclic) bond motifs is 1. The van der Waals surface area contributed by atoms with E-state index in [2.05, 4.69) is 37.5 Å². The third-order valence-corrected chi connectivity index (χ3v) is 6.10. The van der Waals surface area contributed by atoms with Crippen molar-refractivity contribution in [3.63, 3.8) is 0 Å². The van der Waals surface area contributed by atoms with Crippen LogP contribution >= 0.6 is 0 Å². The molecule has 0 unspecified atom stereocenters. The van der Waals surface area contributed by atoms with Gasteiger partial charge in [0.1, 0.15) is 5.75 Å². The lowest BCUT2D eigenvalue weighted by Crippen LogP contribution is -2.48. The first-order chi connectivity index (χ1) is 15.7. The summed E-state index contributed by atoms with van der Waals surface area (Å²) >= 11 is 0. The number of piperidine rings is 1. The van der Waals surface area contributed by atoms with Crippen LogP contribution in [0.2, 0.25) is 0 Å². The molecule has 164 valence electrons. The molecule has 0 radical (unpaired) electrons. The summed E-state index contributed by atoms with van der Waals surface area (Å²) in [5.41, 5.74) is 4.12. The largest absolute Gasteiger partial charge is 0.497 e. The number of benzene rings is 2. The van der Waals surface area contributed by atoms with Crippen molar-refractivity contribution in [1.29, 1.82) is 0 Å². The van der Waals surface area contributed by atoms with E-state index in [-0.39, 0.29) is 11.9 Å². The van der Waals surface area contributed by atoms with Gasteiger partial charge < -0.3 is 19.9 Å². The number of amides is 1. The zero-order chi connectivity index (χ0) is 21.9. The minimum absolute atomic E-state index is 0.0579. The Balaban J connectivity index is 1.21. The maximum absolute atomic E-state index is 12.7. The van der Waals surface area contributed by atoms with Gasteiger partial charge in [-0.3, -0.25) is 9.89 Å². The number of carbonyl (C=O) groups excluding carboxylic acids is 1. The van der Waals surface area contributed by atoms with E-state index >= 15 is 0 Å². The lowest BCUT2D eigenvalue weighted by atomic mass is 10.0. The Hall–Kier alpha value is -3.74. The summed E-state index contributed by atoms with van der Waals surface area (Å²) < 4.78 is 5.23. The number of methoxy groups -OCH3 is 1. The van der Waals surface area contributed by atoms with E-state index in [9.17, 15) is 4.79 Å². The van der Waals surface area contributed by atoms with Crippen LogP contribution in [0.3, 0.4) is 0 Å². The Labute approximate surface area is 186 Å². The van der Waals surface area contributed by atoms with E-state index in [1.165, 1.54) is 0 Å². The lowest BCUT2D eigenvalue weighted by Gasteiger charge is -2.33. The molecule has 5 rings (SSSR count). The van der Waals surface area contributed by atoms with Gasteiger partial charge in [0.15, 0.2) is 5.82 Å². The first-order valence-electron chi connectivity index (χ1n) is 11.0. The van der Waals surface area contributed by atoms with Crippen molar-refractivity contribution in [2.75, 3.05) is 25.1 Å². The summed E-state index contributed by atoms with van der Waals surface area (Å²) in [6.45, 7) is 1.69. The molecule has 1 aliphatic rings. The maximum Gasteiger partial charge on any atom is 0.224 e. The average Bonchev–Trinajstić information content (AvgIpc) is 3.47. The molecule has 7 nitrogen and oxygen atoms in total.